The minimum Gasteiger partial charge on any atom is -0.356 e. The number of pyridine rings is 1. The Hall–Kier alpha value is -1.60. The molecule has 0 aromatic carbocycles. The fourth-order valence-electron chi connectivity index (χ4n) is 1.63. The molecule has 0 aliphatic carbocycles. The average Bonchev–Trinajstić information content (AvgIpc) is 2.30. The monoisotopic (exact) mass is 218 g/mol. The second kappa shape index (κ2) is 6.09. The Morgan fingerprint density at radius 3 is 2.94 bits per heavy atom. The van der Waals surface area contributed by atoms with Gasteiger partial charge in [-0.2, -0.15) is 5.26 Å². The SMILES string of the molecule is CCN(CCC#N)c1ncccc1[C@H](C)N. The highest BCUT2D eigenvalue weighted by atomic mass is 15.2. The summed E-state index contributed by atoms with van der Waals surface area (Å²) in [5, 5.41) is 8.61. The van der Waals surface area contributed by atoms with Crippen LogP contribution in [0.15, 0.2) is 18.3 Å². The van der Waals surface area contributed by atoms with Gasteiger partial charge in [0.15, 0.2) is 0 Å². The molecule has 0 unspecified atom stereocenters. The first-order valence-corrected chi connectivity index (χ1v) is 5.53. The van der Waals surface area contributed by atoms with Gasteiger partial charge in [0, 0.05) is 30.9 Å². The van der Waals surface area contributed by atoms with E-state index in [0.29, 0.717) is 13.0 Å². The zero-order chi connectivity index (χ0) is 12.0. The van der Waals surface area contributed by atoms with Crippen LogP contribution in [0.4, 0.5) is 5.82 Å². The number of nitrogens with two attached hydrogens (primary N) is 1. The normalized spacial score (nSPS) is 11.9. The molecule has 2 N–H and O–H groups in total. The molecule has 0 bridgehead atoms. The molecule has 1 heterocycles. The van der Waals surface area contributed by atoms with Gasteiger partial charge in [-0.25, -0.2) is 4.98 Å². The van der Waals surface area contributed by atoms with Crippen LogP contribution >= 0.6 is 0 Å². The van der Waals surface area contributed by atoms with Gasteiger partial charge in [0.2, 0.25) is 0 Å². The van der Waals surface area contributed by atoms with E-state index < -0.39 is 0 Å². The summed E-state index contributed by atoms with van der Waals surface area (Å²) < 4.78 is 0. The van der Waals surface area contributed by atoms with Crippen molar-refractivity contribution in [1.82, 2.24) is 4.98 Å². The molecule has 0 fully saturated rings. The Morgan fingerprint density at radius 2 is 2.38 bits per heavy atom. The highest BCUT2D eigenvalue weighted by Crippen LogP contribution is 2.22. The van der Waals surface area contributed by atoms with E-state index >= 15 is 0 Å². The first-order valence-electron chi connectivity index (χ1n) is 5.53. The number of anilines is 1. The number of rotatable bonds is 5. The van der Waals surface area contributed by atoms with Gasteiger partial charge in [-0.05, 0) is 19.9 Å². The largest absolute Gasteiger partial charge is 0.356 e. The van der Waals surface area contributed by atoms with E-state index in [0.717, 1.165) is 17.9 Å². The number of aromatic nitrogens is 1. The Balaban J connectivity index is 2.95. The van der Waals surface area contributed by atoms with Crippen molar-refractivity contribution >= 4 is 5.82 Å². The first-order chi connectivity index (χ1) is 7.70. The highest BCUT2D eigenvalue weighted by molar-refractivity contribution is 5.48. The van der Waals surface area contributed by atoms with E-state index in [1.807, 2.05) is 19.1 Å². The lowest BCUT2D eigenvalue weighted by molar-refractivity contribution is 0.762. The number of nitrogens with zero attached hydrogens (tertiary/aromatic N) is 3. The summed E-state index contributed by atoms with van der Waals surface area (Å²) in [6.45, 7) is 5.53. The summed E-state index contributed by atoms with van der Waals surface area (Å²) in [5.74, 6) is 0.898. The fourth-order valence-corrected chi connectivity index (χ4v) is 1.63. The molecule has 0 aliphatic rings. The Bertz CT molecular complexity index is 368. The highest BCUT2D eigenvalue weighted by Gasteiger charge is 2.12. The van der Waals surface area contributed by atoms with Crippen LogP contribution in [0.2, 0.25) is 0 Å². The Labute approximate surface area is 96.7 Å². The zero-order valence-electron chi connectivity index (χ0n) is 9.85. The van der Waals surface area contributed by atoms with Crippen molar-refractivity contribution in [3.63, 3.8) is 0 Å². The molecule has 0 aliphatic heterocycles. The summed E-state index contributed by atoms with van der Waals surface area (Å²) >= 11 is 0. The third kappa shape index (κ3) is 2.94. The maximum Gasteiger partial charge on any atom is 0.133 e. The number of nitriles is 1. The van der Waals surface area contributed by atoms with E-state index in [1.165, 1.54) is 0 Å². The molecule has 4 heteroatoms. The minimum atomic E-state index is -0.0418. The maximum absolute atomic E-state index is 8.61. The topological polar surface area (TPSA) is 65.9 Å². The average molecular weight is 218 g/mol. The van der Waals surface area contributed by atoms with Crippen LogP contribution in [0.3, 0.4) is 0 Å². The lowest BCUT2D eigenvalue weighted by Gasteiger charge is -2.24. The summed E-state index contributed by atoms with van der Waals surface area (Å²) in [4.78, 5) is 6.45. The molecule has 16 heavy (non-hydrogen) atoms. The molecule has 1 atom stereocenters. The van der Waals surface area contributed by atoms with Gasteiger partial charge < -0.3 is 10.6 Å². The standard InChI is InChI=1S/C12H18N4/c1-3-16(9-5-7-13)12-11(10(2)14)6-4-8-15-12/h4,6,8,10H,3,5,9,14H2,1-2H3/t10-/m0/s1. The third-order valence-electron chi connectivity index (χ3n) is 2.48. The van der Waals surface area contributed by atoms with Gasteiger partial charge in [-0.1, -0.05) is 6.07 Å². The molecule has 4 nitrogen and oxygen atoms in total. The summed E-state index contributed by atoms with van der Waals surface area (Å²) in [5.41, 5.74) is 6.93. The van der Waals surface area contributed by atoms with Crippen LogP contribution < -0.4 is 10.6 Å². The van der Waals surface area contributed by atoms with Crippen LogP contribution in [0, 0.1) is 11.3 Å². The van der Waals surface area contributed by atoms with Crippen molar-refractivity contribution in [2.75, 3.05) is 18.0 Å². The van der Waals surface area contributed by atoms with E-state index in [2.05, 4.69) is 22.9 Å². The first kappa shape index (κ1) is 12.5. The van der Waals surface area contributed by atoms with Crippen LogP contribution in [0.1, 0.15) is 31.9 Å². The molecular formula is C12H18N4. The van der Waals surface area contributed by atoms with Crippen molar-refractivity contribution in [3.8, 4) is 6.07 Å². The van der Waals surface area contributed by atoms with Crippen LogP contribution in [0.25, 0.3) is 0 Å². The maximum atomic E-state index is 8.61. The summed E-state index contributed by atoms with van der Waals surface area (Å²) in [7, 11) is 0. The van der Waals surface area contributed by atoms with E-state index in [4.69, 9.17) is 11.0 Å². The predicted octanol–water partition coefficient (Wildman–Crippen LogP) is 1.84. The molecule has 1 aromatic heterocycles. The van der Waals surface area contributed by atoms with Crippen molar-refractivity contribution in [2.24, 2.45) is 5.73 Å². The molecule has 0 saturated heterocycles. The number of hydrogen-bond acceptors (Lipinski definition) is 4. The lowest BCUT2D eigenvalue weighted by Crippen LogP contribution is -2.27. The Morgan fingerprint density at radius 1 is 1.62 bits per heavy atom. The summed E-state index contributed by atoms with van der Waals surface area (Å²) in [6.07, 6.45) is 2.26. The second-order valence-electron chi connectivity index (χ2n) is 3.69. The van der Waals surface area contributed by atoms with Gasteiger partial charge in [-0.3, -0.25) is 0 Å². The van der Waals surface area contributed by atoms with Crippen LogP contribution in [-0.4, -0.2) is 18.1 Å². The fraction of sp³-hybridized carbons (Fsp3) is 0.500. The molecule has 1 aromatic rings. The van der Waals surface area contributed by atoms with Crippen molar-refractivity contribution in [2.45, 2.75) is 26.3 Å². The van der Waals surface area contributed by atoms with E-state index in [-0.39, 0.29) is 6.04 Å². The third-order valence-corrected chi connectivity index (χ3v) is 2.48. The van der Waals surface area contributed by atoms with E-state index in [1.54, 1.807) is 6.20 Å². The molecular weight excluding hydrogens is 200 g/mol. The van der Waals surface area contributed by atoms with Gasteiger partial charge in [0.1, 0.15) is 5.82 Å². The van der Waals surface area contributed by atoms with Crippen LogP contribution in [-0.2, 0) is 0 Å². The molecule has 0 saturated carbocycles. The molecule has 0 radical (unpaired) electrons. The smallest absolute Gasteiger partial charge is 0.133 e. The molecule has 0 spiro atoms. The quantitative estimate of drug-likeness (QED) is 0.819. The minimum absolute atomic E-state index is 0.0418. The van der Waals surface area contributed by atoms with Gasteiger partial charge in [-0.15, -0.1) is 0 Å². The van der Waals surface area contributed by atoms with Gasteiger partial charge in [0.25, 0.3) is 0 Å². The molecule has 1 rings (SSSR count). The van der Waals surface area contributed by atoms with E-state index in [9.17, 15) is 0 Å². The Kier molecular flexibility index (Phi) is 4.74. The van der Waals surface area contributed by atoms with Crippen molar-refractivity contribution in [3.05, 3.63) is 23.9 Å². The van der Waals surface area contributed by atoms with Crippen molar-refractivity contribution < 1.29 is 0 Å². The van der Waals surface area contributed by atoms with Crippen LogP contribution in [0.5, 0.6) is 0 Å². The summed E-state index contributed by atoms with van der Waals surface area (Å²) in [6, 6.07) is 5.99. The predicted molar refractivity (Wildman–Crippen MR) is 65.0 cm³/mol. The van der Waals surface area contributed by atoms with Gasteiger partial charge >= 0.3 is 0 Å². The number of hydrogen-bond donors (Lipinski definition) is 1. The second-order valence-corrected chi connectivity index (χ2v) is 3.69. The van der Waals surface area contributed by atoms with Crippen molar-refractivity contribution in [1.29, 1.82) is 5.26 Å². The molecule has 0 amide bonds. The van der Waals surface area contributed by atoms with Gasteiger partial charge in [0.05, 0.1) is 12.5 Å². The zero-order valence-corrected chi connectivity index (χ0v) is 9.85. The lowest BCUT2D eigenvalue weighted by atomic mass is 10.1. The molecule has 86 valence electrons.